The zero-order valence-electron chi connectivity index (χ0n) is 22.3. The monoisotopic (exact) mass is 544 g/mol. The van der Waals surface area contributed by atoms with Crippen LogP contribution < -0.4 is 9.47 Å². The molecular weight excluding hydrogens is 513 g/mol. The molecule has 0 saturated carbocycles. The first-order chi connectivity index (χ1) is 17.0. The van der Waals surface area contributed by atoms with Gasteiger partial charge >= 0.3 is 0 Å². The molecule has 2 aromatic heterocycles. The fraction of sp³-hybridized carbons (Fsp3) is 0.267. The highest BCUT2D eigenvalue weighted by molar-refractivity contribution is 7.14. The Morgan fingerprint density at radius 3 is 1.33 bits per heavy atom. The molecule has 0 fully saturated rings. The highest BCUT2D eigenvalue weighted by Gasteiger charge is 2.18. The van der Waals surface area contributed by atoms with Crippen LogP contribution in [-0.2, 0) is 0 Å². The summed E-state index contributed by atoms with van der Waals surface area (Å²) in [6.45, 7) is 13.6. The number of rotatable bonds is 4. The third-order valence-electron chi connectivity index (χ3n) is 5.44. The van der Waals surface area contributed by atoms with Crippen molar-refractivity contribution in [2.24, 2.45) is 0 Å². The lowest BCUT2D eigenvalue weighted by Gasteiger charge is -2.14. The van der Waals surface area contributed by atoms with Crippen molar-refractivity contribution in [3.63, 3.8) is 0 Å². The van der Waals surface area contributed by atoms with Crippen LogP contribution in [0.4, 0.5) is 0 Å². The lowest BCUT2D eigenvalue weighted by molar-refractivity contribution is 0.416. The summed E-state index contributed by atoms with van der Waals surface area (Å²) in [4.78, 5) is 2.29. The Bertz CT molecular complexity index is 1420. The maximum Gasteiger partial charge on any atom is 0.129 e. The summed E-state index contributed by atoms with van der Waals surface area (Å²) in [5.74, 6) is 8.58. The summed E-state index contributed by atoms with van der Waals surface area (Å²) in [5.41, 5.74) is 11.3. The van der Waals surface area contributed by atoms with Gasteiger partial charge < -0.3 is 9.47 Å². The largest absolute Gasteiger partial charge is 0.496 e. The second-order valence-electron chi connectivity index (χ2n) is 10.8. The van der Waals surface area contributed by atoms with Crippen LogP contribution in [-0.4, -0.2) is 30.4 Å². The van der Waals surface area contributed by atoms with Crippen LogP contribution >= 0.6 is 22.7 Å². The van der Waals surface area contributed by atoms with E-state index in [-0.39, 0.29) is 0 Å². The number of benzene rings is 2. The average molecular weight is 545 g/mol. The van der Waals surface area contributed by atoms with E-state index in [2.05, 4.69) is 109 Å². The summed E-state index contributed by atoms with van der Waals surface area (Å²) >= 11 is 3.41. The van der Waals surface area contributed by atoms with E-state index in [0.29, 0.717) is 0 Å². The van der Waals surface area contributed by atoms with Gasteiger partial charge in [0.25, 0.3) is 0 Å². The van der Waals surface area contributed by atoms with E-state index in [0.717, 1.165) is 54.3 Å². The summed E-state index contributed by atoms with van der Waals surface area (Å²) in [5, 5.41) is 6.43. The van der Waals surface area contributed by atoms with Gasteiger partial charge in [-0.1, -0.05) is 51.1 Å². The van der Waals surface area contributed by atoms with Crippen molar-refractivity contribution in [3.8, 4) is 55.3 Å². The van der Waals surface area contributed by atoms with Gasteiger partial charge in [0.15, 0.2) is 0 Å². The third kappa shape index (κ3) is 5.96. The molecule has 2 nitrogen and oxygen atoms in total. The van der Waals surface area contributed by atoms with Gasteiger partial charge in [-0.05, 0) is 57.9 Å². The molecule has 0 aliphatic rings. The molecule has 0 amide bonds. The SMILES string of the molecule is COc1cc2cc(-c3sccc3C#C[Si](C)(C)C)c(OC)cc2cc1-c1sccc1C#C[Si](C)(C)C. The standard InChI is InChI=1S/C30H32O2S2Si2/c1-31-27-19-23-18-26(30-22(10-14-34-30)12-16-36(6,7)8)28(32-2)20-24(23)17-25(27)29-21(9-13-33-29)11-15-35(3,4)5/h9-10,13-14,17-20H,1-8H3. The Morgan fingerprint density at radius 1 is 0.611 bits per heavy atom. The van der Waals surface area contributed by atoms with Gasteiger partial charge in [0.1, 0.15) is 27.6 Å². The van der Waals surface area contributed by atoms with E-state index >= 15 is 0 Å². The van der Waals surface area contributed by atoms with Gasteiger partial charge in [-0.2, -0.15) is 0 Å². The van der Waals surface area contributed by atoms with Crippen LogP contribution in [0.3, 0.4) is 0 Å². The van der Waals surface area contributed by atoms with Crippen LogP contribution in [0.2, 0.25) is 39.3 Å². The van der Waals surface area contributed by atoms with Gasteiger partial charge in [-0.3, -0.25) is 0 Å². The number of ether oxygens (including phenoxy) is 2. The second-order valence-corrected chi connectivity index (χ2v) is 22.1. The fourth-order valence-corrected chi connectivity index (χ4v) is 6.51. The Morgan fingerprint density at radius 2 is 1.00 bits per heavy atom. The second kappa shape index (κ2) is 10.3. The van der Waals surface area contributed by atoms with Gasteiger partial charge in [0.2, 0.25) is 0 Å². The van der Waals surface area contributed by atoms with Gasteiger partial charge in [0, 0.05) is 22.3 Å². The number of methoxy groups -OCH3 is 2. The molecule has 0 N–H and O–H groups in total. The minimum absolute atomic E-state index is 0.849. The zero-order valence-corrected chi connectivity index (χ0v) is 25.9. The fourth-order valence-electron chi connectivity index (χ4n) is 3.74. The minimum atomic E-state index is -1.48. The molecule has 0 aliphatic heterocycles. The molecular formula is C30H32O2S2Si2. The summed E-state index contributed by atoms with van der Waals surface area (Å²) in [6, 6.07) is 12.9. The summed E-state index contributed by atoms with van der Waals surface area (Å²) in [7, 11) is 0.511. The van der Waals surface area contributed by atoms with E-state index in [4.69, 9.17) is 9.47 Å². The first kappa shape index (κ1) is 26.3. The molecule has 2 aromatic carbocycles. The Kier molecular flexibility index (Phi) is 7.54. The molecule has 184 valence electrons. The third-order valence-corrected chi connectivity index (χ3v) is 9.09. The number of thiophene rings is 2. The Balaban J connectivity index is 1.87. The van der Waals surface area contributed by atoms with Crippen molar-refractivity contribution in [3.05, 3.63) is 58.3 Å². The highest BCUT2D eigenvalue weighted by atomic mass is 32.1. The zero-order chi connectivity index (χ0) is 26.1. The number of hydrogen-bond donors (Lipinski definition) is 0. The van der Waals surface area contributed by atoms with Crippen LogP contribution in [0.1, 0.15) is 11.1 Å². The van der Waals surface area contributed by atoms with Crippen LogP contribution in [0.5, 0.6) is 11.5 Å². The Hall–Kier alpha value is -2.75. The average Bonchev–Trinajstić information content (AvgIpc) is 3.48. The van der Waals surface area contributed by atoms with E-state index in [1.54, 1.807) is 36.9 Å². The van der Waals surface area contributed by atoms with Crippen LogP contribution in [0.15, 0.2) is 47.2 Å². The van der Waals surface area contributed by atoms with Crippen molar-refractivity contribution in [2.45, 2.75) is 39.3 Å². The molecule has 2 heterocycles. The first-order valence-corrected chi connectivity index (χ1v) is 20.7. The maximum absolute atomic E-state index is 5.89. The van der Waals surface area contributed by atoms with Gasteiger partial charge in [-0.25, -0.2) is 0 Å². The summed E-state index contributed by atoms with van der Waals surface area (Å²) in [6.07, 6.45) is 0. The van der Waals surface area contributed by atoms with E-state index in [1.165, 1.54) is 0 Å². The van der Waals surface area contributed by atoms with Crippen LogP contribution in [0, 0.1) is 22.9 Å². The number of fused-ring (bicyclic) bond motifs is 1. The molecule has 4 rings (SSSR count). The van der Waals surface area contributed by atoms with E-state index < -0.39 is 16.1 Å². The predicted molar refractivity (Wildman–Crippen MR) is 164 cm³/mol. The topological polar surface area (TPSA) is 18.5 Å². The quantitative estimate of drug-likeness (QED) is 0.189. The molecule has 36 heavy (non-hydrogen) atoms. The maximum atomic E-state index is 5.89. The Labute approximate surface area is 225 Å². The normalized spacial score (nSPS) is 11.4. The van der Waals surface area contributed by atoms with E-state index in [9.17, 15) is 0 Å². The molecule has 0 saturated heterocycles. The van der Waals surface area contributed by atoms with Crippen molar-refractivity contribution in [1.29, 1.82) is 0 Å². The van der Waals surface area contributed by atoms with Crippen molar-refractivity contribution >= 4 is 49.6 Å². The molecule has 0 bridgehead atoms. The van der Waals surface area contributed by atoms with E-state index in [1.807, 2.05) is 0 Å². The highest BCUT2D eigenvalue weighted by Crippen LogP contribution is 2.43. The van der Waals surface area contributed by atoms with Crippen molar-refractivity contribution in [2.75, 3.05) is 14.2 Å². The molecule has 6 heteroatoms. The lowest BCUT2D eigenvalue weighted by atomic mass is 9.99. The predicted octanol–water partition coefficient (Wildman–Crippen LogP) is 8.77. The molecule has 0 atom stereocenters. The molecule has 0 aliphatic carbocycles. The molecule has 0 unspecified atom stereocenters. The lowest BCUT2D eigenvalue weighted by Crippen LogP contribution is -2.16. The molecule has 0 spiro atoms. The molecule has 0 radical (unpaired) electrons. The smallest absolute Gasteiger partial charge is 0.129 e. The number of hydrogen-bond acceptors (Lipinski definition) is 4. The van der Waals surface area contributed by atoms with Crippen molar-refractivity contribution in [1.82, 2.24) is 0 Å². The molecule has 4 aromatic rings. The van der Waals surface area contributed by atoms with Crippen molar-refractivity contribution < 1.29 is 9.47 Å². The van der Waals surface area contributed by atoms with Crippen LogP contribution in [0.25, 0.3) is 31.7 Å². The van der Waals surface area contributed by atoms with Gasteiger partial charge in [-0.15, -0.1) is 33.8 Å². The minimum Gasteiger partial charge on any atom is -0.496 e. The van der Waals surface area contributed by atoms with Gasteiger partial charge in [0.05, 0.1) is 24.0 Å². The summed E-state index contributed by atoms with van der Waals surface area (Å²) < 4.78 is 11.8. The first-order valence-electron chi connectivity index (χ1n) is 11.9.